The van der Waals surface area contributed by atoms with Gasteiger partial charge in [-0.2, -0.15) is 0 Å². The van der Waals surface area contributed by atoms with Gasteiger partial charge >= 0.3 is 0 Å². The highest BCUT2D eigenvalue weighted by Gasteiger charge is 2.58. The van der Waals surface area contributed by atoms with Crippen LogP contribution in [0.4, 0.5) is 0 Å². The fourth-order valence-electron chi connectivity index (χ4n) is 3.41. The lowest BCUT2D eigenvalue weighted by Gasteiger charge is -2.41. The van der Waals surface area contributed by atoms with Gasteiger partial charge in [0.2, 0.25) is 0 Å². The molecule has 4 heteroatoms. The molecule has 1 aromatic carbocycles. The second-order valence-corrected chi connectivity index (χ2v) is 14.4. The molecule has 1 spiro atoms. The fraction of sp³-hybridized carbons (Fsp3) is 0.684. The minimum absolute atomic E-state index is 0.0914. The highest BCUT2D eigenvalue weighted by molar-refractivity contribution is 9.10. The normalized spacial score (nSPS) is 31.4. The molecule has 1 saturated heterocycles. The molecule has 1 aromatic rings. The van der Waals surface area contributed by atoms with Gasteiger partial charge < -0.3 is 9.16 Å². The van der Waals surface area contributed by atoms with Crippen molar-refractivity contribution in [3.63, 3.8) is 0 Å². The molecule has 0 N–H and O–H groups in total. The van der Waals surface area contributed by atoms with Crippen molar-refractivity contribution >= 4 is 24.2 Å². The number of hydrogen-bond acceptors (Lipinski definition) is 2. The average molecular weight is 397 g/mol. The molecule has 1 unspecified atom stereocenters. The molecule has 128 valence electrons. The lowest BCUT2D eigenvalue weighted by molar-refractivity contribution is 0.0993. The second-order valence-electron chi connectivity index (χ2n) is 8.70. The minimum atomic E-state index is -1.65. The summed E-state index contributed by atoms with van der Waals surface area (Å²) in [6.45, 7) is 11.7. The zero-order valence-corrected chi connectivity index (χ0v) is 17.6. The van der Waals surface area contributed by atoms with Crippen LogP contribution in [0, 0.1) is 0 Å². The highest BCUT2D eigenvalue weighted by atomic mass is 79.9. The van der Waals surface area contributed by atoms with Crippen LogP contribution < -0.4 is 0 Å². The molecule has 0 amide bonds. The largest absolute Gasteiger partial charge is 0.414 e. The molecule has 1 saturated carbocycles. The molecule has 2 fully saturated rings. The summed E-state index contributed by atoms with van der Waals surface area (Å²) in [5.74, 6) is 0. The first-order chi connectivity index (χ1) is 10.6. The third-order valence-corrected chi connectivity index (χ3v) is 11.0. The number of benzene rings is 1. The smallest absolute Gasteiger partial charge is 0.192 e. The Labute approximate surface area is 150 Å². The van der Waals surface area contributed by atoms with Gasteiger partial charge in [0.25, 0.3) is 0 Å². The molecule has 0 bridgehead atoms. The topological polar surface area (TPSA) is 21.8 Å². The van der Waals surface area contributed by atoms with E-state index < -0.39 is 8.32 Å². The van der Waals surface area contributed by atoms with E-state index >= 15 is 0 Å². The minimum Gasteiger partial charge on any atom is -0.414 e. The monoisotopic (exact) mass is 396 g/mol. The summed E-state index contributed by atoms with van der Waals surface area (Å²) in [5.41, 5.74) is 1.40. The van der Waals surface area contributed by atoms with E-state index in [1.165, 1.54) is 5.56 Å². The average Bonchev–Trinajstić information content (AvgIpc) is 3.14. The van der Waals surface area contributed by atoms with E-state index in [1.807, 2.05) is 0 Å². The summed E-state index contributed by atoms with van der Waals surface area (Å²) < 4.78 is 13.9. The van der Waals surface area contributed by atoms with Crippen LogP contribution in [0.25, 0.3) is 0 Å². The van der Waals surface area contributed by atoms with E-state index in [4.69, 9.17) is 9.16 Å². The van der Waals surface area contributed by atoms with Gasteiger partial charge in [0, 0.05) is 10.6 Å². The highest BCUT2D eigenvalue weighted by Crippen LogP contribution is 2.58. The maximum absolute atomic E-state index is 6.60. The van der Waals surface area contributed by atoms with Crippen molar-refractivity contribution in [2.75, 3.05) is 0 Å². The van der Waals surface area contributed by atoms with Gasteiger partial charge in [-0.1, -0.05) is 48.8 Å². The summed E-state index contributed by atoms with van der Waals surface area (Å²) in [4.78, 5) is 0. The Morgan fingerprint density at radius 2 is 1.87 bits per heavy atom. The molecule has 0 aromatic heterocycles. The number of ether oxygens (including phenoxy) is 1. The molecule has 1 atom stereocenters. The standard InChI is InChI=1S/C19H29BrO2Si/c1-18(2,3)23(4,5)22-16-9-11-19(12-10-16)17(21-19)14-7-6-8-15(20)13-14/h6-8,13,16-17H,9-12H2,1-5H3. The molecule has 1 heterocycles. The summed E-state index contributed by atoms with van der Waals surface area (Å²) in [7, 11) is -1.65. The van der Waals surface area contributed by atoms with Gasteiger partial charge in [0.15, 0.2) is 8.32 Å². The molecule has 2 aliphatic rings. The van der Waals surface area contributed by atoms with Crippen LogP contribution >= 0.6 is 15.9 Å². The molecule has 1 aliphatic carbocycles. The SMILES string of the molecule is CC(C)(C)[Si](C)(C)OC1CCC2(CC1)OC2c1cccc(Br)c1. The van der Waals surface area contributed by atoms with Gasteiger partial charge in [0.1, 0.15) is 6.10 Å². The van der Waals surface area contributed by atoms with E-state index in [9.17, 15) is 0 Å². The third-order valence-electron chi connectivity index (χ3n) is 5.97. The second kappa shape index (κ2) is 5.97. The summed E-state index contributed by atoms with van der Waals surface area (Å²) in [6.07, 6.45) is 5.24. The van der Waals surface area contributed by atoms with Crippen molar-refractivity contribution in [1.29, 1.82) is 0 Å². The van der Waals surface area contributed by atoms with Crippen LogP contribution in [0.15, 0.2) is 28.7 Å². The quantitative estimate of drug-likeness (QED) is 0.446. The lowest BCUT2D eigenvalue weighted by Crippen LogP contribution is -2.45. The number of halogens is 1. The fourth-order valence-corrected chi connectivity index (χ4v) is 5.25. The molecular weight excluding hydrogens is 368 g/mol. The van der Waals surface area contributed by atoms with Crippen LogP contribution in [0.1, 0.15) is 58.1 Å². The predicted molar refractivity (Wildman–Crippen MR) is 101 cm³/mol. The first-order valence-corrected chi connectivity index (χ1v) is 12.4. The number of hydrogen-bond donors (Lipinski definition) is 0. The molecule has 2 nitrogen and oxygen atoms in total. The van der Waals surface area contributed by atoms with Gasteiger partial charge in [0.05, 0.1) is 5.60 Å². The van der Waals surface area contributed by atoms with E-state index in [0.717, 1.165) is 30.2 Å². The van der Waals surface area contributed by atoms with Crippen molar-refractivity contribution in [3.05, 3.63) is 34.3 Å². The van der Waals surface area contributed by atoms with Crippen molar-refractivity contribution < 1.29 is 9.16 Å². The molecule has 1 aliphatic heterocycles. The zero-order valence-electron chi connectivity index (χ0n) is 15.0. The Bertz CT molecular complexity index is 571. The Hall–Kier alpha value is -0.163. The molecule has 0 radical (unpaired) electrons. The van der Waals surface area contributed by atoms with Crippen LogP contribution in [-0.2, 0) is 9.16 Å². The maximum Gasteiger partial charge on any atom is 0.192 e. The molecule has 23 heavy (non-hydrogen) atoms. The van der Waals surface area contributed by atoms with Gasteiger partial charge in [-0.25, -0.2) is 0 Å². The number of rotatable bonds is 3. The van der Waals surface area contributed by atoms with Crippen LogP contribution in [0.3, 0.4) is 0 Å². The van der Waals surface area contributed by atoms with Crippen molar-refractivity contribution in [2.24, 2.45) is 0 Å². The van der Waals surface area contributed by atoms with E-state index in [2.05, 4.69) is 74.1 Å². The first-order valence-electron chi connectivity index (χ1n) is 8.74. The van der Waals surface area contributed by atoms with Crippen LogP contribution in [-0.4, -0.2) is 20.0 Å². The van der Waals surface area contributed by atoms with Crippen LogP contribution in [0.5, 0.6) is 0 Å². The van der Waals surface area contributed by atoms with E-state index in [1.54, 1.807) is 0 Å². The third kappa shape index (κ3) is 3.60. The Balaban J connectivity index is 1.58. The summed E-state index contributed by atoms with van der Waals surface area (Å²) >= 11 is 3.56. The lowest BCUT2D eigenvalue weighted by atomic mass is 9.83. The number of epoxide rings is 1. The van der Waals surface area contributed by atoms with E-state index in [0.29, 0.717) is 6.10 Å². The Morgan fingerprint density at radius 3 is 2.43 bits per heavy atom. The Morgan fingerprint density at radius 1 is 1.22 bits per heavy atom. The van der Waals surface area contributed by atoms with Crippen molar-refractivity contribution in [3.8, 4) is 0 Å². The van der Waals surface area contributed by atoms with Crippen LogP contribution in [0.2, 0.25) is 18.1 Å². The van der Waals surface area contributed by atoms with Crippen molar-refractivity contribution in [1.82, 2.24) is 0 Å². The predicted octanol–water partition coefficient (Wildman–Crippen LogP) is 6.22. The van der Waals surface area contributed by atoms with Gasteiger partial charge in [-0.05, 0) is 61.5 Å². The van der Waals surface area contributed by atoms with Gasteiger partial charge in [-0.3, -0.25) is 0 Å². The van der Waals surface area contributed by atoms with E-state index in [-0.39, 0.29) is 16.7 Å². The Kier molecular flexibility index (Phi) is 4.59. The first kappa shape index (κ1) is 17.7. The summed E-state index contributed by atoms with van der Waals surface area (Å²) in [5, 5.41) is 0.289. The maximum atomic E-state index is 6.60. The summed E-state index contributed by atoms with van der Waals surface area (Å²) in [6, 6.07) is 8.55. The molecule has 3 rings (SSSR count). The zero-order chi connectivity index (χ0) is 16.9. The van der Waals surface area contributed by atoms with Gasteiger partial charge in [-0.15, -0.1) is 0 Å². The molecular formula is C19H29BrO2Si. The van der Waals surface area contributed by atoms with Crippen molar-refractivity contribution in [2.45, 2.75) is 82.4 Å².